The van der Waals surface area contributed by atoms with Gasteiger partial charge in [-0.05, 0) is 56.3 Å². The molecule has 0 bridgehead atoms. The molecular weight excluding hydrogens is 314 g/mol. The number of hydrogen-bond acceptors (Lipinski definition) is 3. The van der Waals surface area contributed by atoms with E-state index in [9.17, 15) is 9.90 Å². The van der Waals surface area contributed by atoms with E-state index in [1.54, 1.807) is 0 Å². The summed E-state index contributed by atoms with van der Waals surface area (Å²) in [5.41, 5.74) is 2.40. The molecule has 0 heterocycles. The van der Waals surface area contributed by atoms with E-state index in [-0.39, 0.29) is 18.7 Å². The molecule has 25 heavy (non-hydrogen) atoms. The monoisotopic (exact) mass is 347 g/mol. The zero-order valence-electron chi connectivity index (χ0n) is 15.9. The lowest BCUT2D eigenvalue weighted by Gasteiger charge is -2.34. The molecule has 0 unspecified atom stereocenters. The lowest BCUT2D eigenvalue weighted by atomic mass is 9.86. The Labute approximate surface area is 152 Å². The van der Waals surface area contributed by atoms with Crippen LogP contribution in [0.4, 0.5) is 4.79 Å². The van der Waals surface area contributed by atoms with Gasteiger partial charge in [0.25, 0.3) is 0 Å². The number of aliphatic hydroxyl groups is 1. The van der Waals surface area contributed by atoms with Gasteiger partial charge in [0.2, 0.25) is 0 Å². The predicted octanol–water partition coefficient (Wildman–Crippen LogP) is 2.83. The minimum atomic E-state index is -0.0106. The first-order valence-electron chi connectivity index (χ1n) is 9.41. The van der Waals surface area contributed by atoms with Crippen molar-refractivity contribution in [3.63, 3.8) is 0 Å². The highest BCUT2D eigenvalue weighted by atomic mass is 16.3. The van der Waals surface area contributed by atoms with E-state index < -0.39 is 0 Å². The van der Waals surface area contributed by atoms with E-state index in [4.69, 9.17) is 0 Å². The van der Waals surface area contributed by atoms with Crippen LogP contribution in [0.5, 0.6) is 0 Å². The molecule has 2 rings (SSSR count). The molecule has 0 atom stereocenters. The first kappa shape index (κ1) is 19.7. The molecule has 1 aromatic rings. The molecule has 0 saturated heterocycles. The molecule has 2 N–H and O–H groups in total. The number of nitrogens with one attached hydrogen (secondary N) is 1. The predicted molar refractivity (Wildman–Crippen MR) is 101 cm³/mol. The Bertz CT molecular complexity index is 541. The number of benzene rings is 1. The average molecular weight is 348 g/mol. The topological polar surface area (TPSA) is 55.8 Å². The number of amides is 2. The van der Waals surface area contributed by atoms with Crippen molar-refractivity contribution in [2.45, 2.75) is 51.7 Å². The van der Waals surface area contributed by atoms with Gasteiger partial charge in [-0.2, -0.15) is 0 Å². The fourth-order valence-corrected chi connectivity index (χ4v) is 3.44. The summed E-state index contributed by atoms with van der Waals surface area (Å²) in [6.07, 6.45) is 3.97. The Hall–Kier alpha value is -1.59. The van der Waals surface area contributed by atoms with Crippen LogP contribution in [0, 0.1) is 5.92 Å². The smallest absolute Gasteiger partial charge is 0.317 e. The number of aliphatic hydroxyl groups excluding tert-OH is 1. The maximum absolute atomic E-state index is 12.4. The molecular formula is C20H33N3O2. The minimum Gasteiger partial charge on any atom is -0.396 e. The van der Waals surface area contributed by atoms with Crippen molar-refractivity contribution < 1.29 is 9.90 Å². The number of hydrogen-bond donors (Lipinski definition) is 2. The molecule has 0 aliphatic heterocycles. The summed E-state index contributed by atoms with van der Waals surface area (Å²) in [7, 11) is 3.99. The Balaban J connectivity index is 1.82. The largest absolute Gasteiger partial charge is 0.396 e. The van der Waals surface area contributed by atoms with Crippen molar-refractivity contribution in [2.24, 2.45) is 5.92 Å². The van der Waals surface area contributed by atoms with Gasteiger partial charge in [-0.3, -0.25) is 0 Å². The molecule has 1 aliphatic rings. The molecule has 1 saturated carbocycles. The summed E-state index contributed by atoms with van der Waals surface area (Å²) in [5.74, 6) is 0.414. The van der Waals surface area contributed by atoms with Gasteiger partial charge in [-0.25, -0.2) is 4.79 Å². The van der Waals surface area contributed by atoms with Crippen LogP contribution in [0.15, 0.2) is 24.3 Å². The molecule has 1 aromatic carbocycles. The number of urea groups is 1. The maximum atomic E-state index is 12.4. The maximum Gasteiger partial charge on any atom is 0.317 e. The van der Waals surface area contributed by atoms with Crippen molar-refractivity contribution in [3.05, 3.63) is 35.4 Å². The van der Waals surface area contributed by atoms with Crippen LogP contribution < -0.4 is 5.32 Å². The fourth-order valence-electron chi connectivity index (χ4n) is 3.44. The van der Waals surface area contributed by atoms with Gasteiger partial charge in [0.05, 0.1) is 0 Å². The van der Waals surface area contributed by atoms with E-state index in [1.807, 2.05) is 11.9 Å². The quantitative estimate of drug-likeness (QED) is 0.797. The highest BCUT2D eigenvalue weighted by Crippen LogP contribution is 2.26. The van der Waals surface area contributed by atoms with Gasteiger partial charge < -0.3 is 20.2 Å². The summed E-state index contributed by atoms with van der Waals surface area (Å²) < 4.78 is 0. The Morgan fingerprint density at radius 1 is 1.20 bits per heavy atom. The Kier molecular flexibility index (Phi) is 7.72. The summed E-state index contributed by atoms with van der Waals surface area (Å²) in [6, 6.07) is 8.68. The van der Waals surface area contributed by atoms with E-state index >= 15 is 0 Å². The number of rotatable bonds is 7. The highest BCUT2D eigenvalue weighted by molar-refractivity contribution is 5.74. The molecule has 1 fully saturated rings. The molecule has 5 heteroatoms. The molecule has 0 aromatic heterocycles. The van der Waals surface area contributed by atoms with Crippen molar-refractivity contribution in [1.29, 1.82) is 0 Å². The van der Waals surface area contributed by atoms with Crippen LogP contribution in [-0.2, 0) is 13.1 Å². The molecule has 2 amide bonds. The third kappa shape index (κ3) is 6.01. The second-order valence-electron chi connectivity index (χ2n) is 7.28. The third-order valence-electron chi connectivity index (χ3n) is 5.37. The van der Waals surface area contributed by atoms with Crippen LogP contribution in [0.1, 0.15) is 43.7 Å². The van der Waals surface area contributed by atoms with Crippen LogP contribution in [0.3, 0.4) is 0 Å². The lowest BCUT2D eigenvalue weighted by Crippen LogP contribution is -2.45. The number of carbonyl (C=O) groups is 1. The van der Waals surface area contributed by atoms with E-state index in [1.165, 1.54) is 5.56 Å². The van der Waals surface area contributed by atoms with Gasteiger partial charge in [0.15, 0.2) is 0 Å². The van der Waals surface area contributed by atoms with Gasteiger partial charge >= 0.3 is 6.03 Å². The van der Waals surface area contributed by atoms with Gasteiger partial charge in [-0.1, -0.05) is 31.2 Å². The zero-order chi connectivity index (χ0) is 18.2. The zero-order valence-corrected chi connectivity index (χ0v) is 15.9. The van der Waals surface area contributed by atoms with E-state index in [0.717, 1.165) is 44.3 Å². The highest BCUT2D eigenvalue weighted by Gasteiger charge is 2.26. The average Bonchev–Trinajstić information content (AvgIpc) is 2.65. The van der Waals surface area contributed by atoms with Crippen molar-refractivity contribution >= 4 is 6.03 Å². The lowest BCUT2D eigenvalue weighted by molar-refractivity contribution is 0.134. The first-order valence-corrected chi connectivity index (χ1v) is 9.41. The molecule has 1 aliphatic carbocycles. The third-order valence-corrected chi connectivity index (χ3v) is 5.37. The SMILES string of the molecule is CCN(C)Cc1cccc(CNC(=O)N(C)C2CCC(CO)CC2)c1. The summed E-state index contributed by atoms with van der Waals surface area (Å²) >= 11 is 0. The van der Waals surface area contributed by atoms with Crippen molar-refractivity contribution in [1.82, 2.24) is 15.1 Å². The number of nitrogens with zero attached hydrogens (tertiary/aromatic N) is 2. The summed E-state index contributed by atoms with van der Waals surface area (Å²) in [6.45, 7) is 4.91. The second kappa shape index (κ2) is 9.78. The molecule has 140 valence electrons. The Morgan fingerprint density at radius 2 is 1.88 bits per heavy atom. The molecule has 0 spiro atoms. The number of carbonyl (C=O) groups excluding carboxylic acids is 1. The van der Waals surface area contributed by atoms with Crippen LogP contribution in [0.2, 0.25) is 0 Å². The van der Waals surface area contributed by atoms with E-state index in [0.29, 0.717) is 12.5 Å². The van der Waals surface area contributed by atoms with Crippen LogP contribution in [-0.4, -0.2) is 54.2 Å². The standard InChI is InChI=1S/C20H33N3O2/c1-4-22(2)14-18-7-5-6-17(12-18)13-21-20(25)23(3)19-10-8-16(15-24)9-11-19/h5-7,12,16,19,24H,4,8-11,13-15H2,1-3H3,(H,21,25). The van der Waals surface area contributed by atoms with Gasteiger partial charge in [0, 0.05) is 32.8 Å². The normalized spacial score (nSPS) is 20.5. The Morgan fingerprint density at radius 3 is 2.52 bits per heavy atom. The van der Waals surface area contributed by atoms with Crippen molar-refractivity contribution in [2.75, 3.05) is 27.2 Å². The molecule has 5 nitrogen and oxygen atoms in total. The summed E-state index contributed by atoms with van der Waals surface area (Å²) in [4.78, 5) is 16.5. The summed E-state index contributed by atoms with van der Waals surface area (Å²) in [5, 5.41) is 12.3. The van der Waals surface area contributed by atoms with Gasteiger partial charge in [0.1, 0.15) is 0 Å². The first-order chi connectivity index (χ1) is 12.0. The fraction of sp³-hybridized carbons (Fsp3) is 0.650. The van der Waals surface area contributed by atoms with Crippen LogP contribution in [0.25, 0.3) is 0 Å². The van der Waals surface area contributed by atoms with Gasteiger partial charge in [-0.15, -0.1) is 0 Å². The van der Waals surface area contributed by atoms with Crippen LogP contribution >= 0.6 is 0 Å². The second-order valence-corrected chi connectivity index (χ2v) is 7.28. The molecule has 0 radical (unpaired) electrons. The minimum absolute atomic E-state index is 0.0106. The van der Waals surface area contributed by atoms with E-state index in [2.05, 4.69) is 48.5 Å². The van der Waals surface area contributed by atoms with Crippen molar-refractivity contribution in [3.8, 4) is 0 Å².